The summed E-state index contributed by atoms with van der Waals surface area (Å²) in [6.07, 6.45) is 6.03. The zero-order valence-electron chi connectivity index (χ0n) is 18.8. The molecule has 0 spiro atoms. The van der Waals surface area contributed by atoms with E-state index in [1.54, 1.807) is 17.5 Å². The molecule has 1 N–H and O–H groups in total. The number of aromatic nitrogens is 2. The second kappa shape index (κ2) is 10.4. The molecule has 8 heteroatoms. The van der Waals surface area contributed by atoms with Crippen molar-refractivity contribution in [2.24, 2.45) is 11.8 Å². The van der Waals surface area contributed by atoms with Gasteiger partial charge in [-0.05, 0) is 74.5 Å². The summed E-state index contributed by atoms with van der Waals surface area (Å²) in [6, 6.07) is 12.0. The monoisotopic (exact) mass is 483 g/mol. The van der Waals surface area contributed by atoms with Gasteiger partial charge in [-0.25, -0.2) is 9.97 Å². The van der Waals surface area contributed by atoms with E-state index in [2.05, 4.69) is 32.2 Å². The Morgan fingerprint density at radius 1 is 1.12 bits per heavy atom. The molecule has 2 fully saturated rings. The molecule has 3 aromatic rings. The number of amides is 1. The molecule has 174 valence electrons. The van der Waals surface area contributed by atoms with Gasteiger partial charge in [-0.1, -0.05) is 35.1 Å². The minimum Gasteiger partial charge on any atom is -0.356 e. The van der Waals surface area contributed by atoms with Crippen molar-refractivity contribution in [3.05, 3.63) is 53.2 Å². The SMILES string of the molecule is O=C(NCC1CCN(Cc2ccc(Cl)cc2)CC1)[C@@H]1CCCN(c2nc3cccnc3s2)C1. The van der Waals surface area contributed by atoms with Crippen molar-refractivity contribution < 1.29 is 4.79 Å². The number of halogens is 1. The van der Waals surface area contributed by atoms with E-state index in [-0.39, 0.29) is 11.8 Å². The molecular weight excluding hydrogens is 454 g/mol. The van der Waals surface area contributed by atoms with Gasteiger partial charge in [0, 0.05) is 37.4 Å². The number of nitrogens with zero attached hydrogens (tertiary/aromatic N) is 4. The normalized spacial score (nSPS) is 20.3. The molecule has 6 nitrogen and oxygen atoms in total. The Bertz CT molecular complexity index is 1050. The summed E-state index contributed by atoms with van der Waals surface area (Å²) in [5.41, 5.74) is 2.24. The number of fused-ring (bicyclic) bond motifs is 1. The first-order valence-corrected chi connectivity index (χ1v) is 13.0. The maximum absolute atomic E-state index is 12.9. The van der Waals surface area contributed by atoms with Crippen LogP contribution < -0.4 is 10.2 Å². The molecule has 0 radical (unpaired) electrons. The van der Waals surface area contributed by atoms with E-state index in [1.165, 1.54) is 5.56 Å². The number of benzene rings is 1. The maximum atomic E-state index is 12.9. The molecule has 1 atom stereocenters. The molecule has 0 saturated carbocycles. The van der Waals surface area contributed by atoms with Crippen molar-refractivity contribution in [1.29, 1.82) is 0 Å². The molecule has 1 amide bonds. The number of anilines is 1. The summed E-state index contributed by atoms with van der Waals surface area (Å²) in [6.45, 7) is 5.60. The Hall–Kier alpha value is -2.22. The Labute approximate surface area is 204 Å². The van der Waals surface area contributed by atoms with Crippen LogP contribution in [0.15, 0.2) is 42.6 Å². The third-order valence-corrected chi connectivity index (χ3v) is 8.10. The van der Waals surface area contributed by atoms with Crippen molar-refractivity contribution in [1.82, 2.24) is 20.2 Å². The van der Waals surface area contributed by atoms with Gasteiger partial charge in [0.1, 0.15) is 10.3 Å². The third kappa shape index (κ3) is 5.65. The minimum absolute atomic E-state index is 0.0312. The maximum Gasteiger partial charge on any atom is 0.224 e. The fourth-order valence-corrected chi connectivity index (χ4v) is 5.91. The van der Waals surface area contributed by atoms with Crippen LogP contribution in [-0.2, 0) is 11.3 Å². The van der Waals surface area contributed by atoms with E-state index in [0.29, 0.717) is 5.92 Å². The van der Waals surface area contributed by atoms with Crippen LogP contribution in [0.4, 0.5) is 5.13 Å². The number of pyridine rings is 1. The van der Waals surface area contributed by atoms with Crippen LogP contribution in [0.2, 0.25) is 5.02 Å². The number of carbonyl (C=O) groups excluding carboxylic acids is 1. The number of thiazole rings is 1. The molecule has 2 aliphatic heterocycles. The Morgan fingerprint density at radius 2 is 1.94 bits per heavy atom. The van der Waals surface area contributed by atoms with Crippen LogP contribution >= 0.6 is 22.9 Å². The highest BCUT2D eigenvalue weighted by Gasteiger charge is 2.28. The van der Waals surface area contributed by atoms with Gasteiger partial charge >= 0.3 is 0 Å². The standard InChI is InChI=1S/C25H30ClN5OS/c26-21-7-5-19(6-8-21)16-30-13-9-18(10-14-30)15-28-23(32)20-3-2-12-31(17-20)25-29-22-4-1-11-27-24(22)33-25/h1,4-8,11,18,20H,2-3,9-10,12-17H2,(H,28,32)/t20-/m1/s1. The zero-order valence-corrected chi connectivity index (χ0v) is 20.3. The van der Waals surface area contributed by atoms with Gasteiger partial charge in [0.15, 0.2) is 5.13 Å². The number of nitrogens with one attached hydrogen (secondary N) is 1. The van der Waals surface area contributed by atoms with Crippen LogP contribution in [0.3, 0.4) is 0 Å². The molecule has 2 aliphatic rings. The number of hydrogen-bond donors (Lipinski definition) is 1. The van der Waals surface area contributed by atoms with Gasteiger partial charge in [-0.3, -0.25) is 9.69 Å². The fourth-order valence-electron chi connectivity index (χ4n) is 4.84. The molecular formula is C25H30ClN5OS. The van der Waals surface area contributed by atoms with E-state index in [0.717, 1.165) is 85.5 Å². The number of carbonyl (C=O) groups is 1. The minimum atomic E-state index is 0.0312. The summed E-state index contributed by atoms with van der Waals surface area (Å²) < 4.78 is 0. The second-order valence-corrected chi connectivity index (χ2v) is 10.6. The van der Waals surface area contributed by atoms with E-state index in [1.807, 2.05) is 24.3 Å². The van der Waals surface area contributed by atoms with Gasteiger partial charge in [0.05, 0.1) is 5.92 Å². The molecule has 33 heavy (non-hydrogen) atoms. The lowest BCUT2D eigenvalue weighted by atomic mass is 9.94. The van der Waals surface area contributed by atoms with Crippen molar-refractivity contribution in [2.45, 2.75) is 32.2 Å². The predicted octanol–water partition coefficient (Wildman–Crippen LogP) is 4.59. The molecule has 0 unspecified atom stereocenters. The first kappa shape index (κ1) is 22.6. The van der Waals surface area contributed by atoms with E-state index in [9.17, 15) is 4.79 Å². The lowest BCUT2D eigenvalue weighted by Gasteiger charge is -2.34. The predicted molar refractivity (Wildman–Crippen MR) is 135 cm³/mol. The second-order valence-electron chi connectivity index (χ2n) is 9.20. The summed E-state index contributed by atoms with van der Waals surface area (Å²) in [5.74, 6) is 0.789. The van der Waals surface area contributed by atoms with Gasteiger partial charge < -0.3 is 10.2 Å². The van der Waals surface area contributed by atoms with E-state index < -0.39 is 0 Å². The first-order valence-electron chi connectivity index (χ1n) is 11.8. The number of hydrogen-bond acceptors (Lipinski definition) is 6. The van der Waals surface area contributed by atoms with Crippen molar-refractivity contribution in [2.75, 3.05) is 37.6 Å². The van der Waals surface area contributed by atoms with Crippen LogP contribution in [0.25, 0.3) is 10.3 Å². The summed E-state index contributed by atoms with van der Waals surface area (Å²) in [7, 11) is 0. The van der Waals surface area contributed by atoms with Crippen molar-refractivity contribution in [3.8, 4) is 0 Å². The molecule has 4 heterocycles. The summed E-state index contributed by atoms with van der Waals surface area (Å²) in [4.78, 5) is 27.8. The third-order valence-electron chi connectivity index (χ3n) is 6.81. The molecule has 5 rings (SSSR count). The Balaban J connectivity index is 1.07. The van der Waals surface area contributed by atoms with Crippen LogP contribution in [0.1, 0.15) is 31.2 Å². The summed E-state index contributed by atoms with van der Waals surface area (Å²) >= 11 is 7.61. The van der Waals surface area contributed by atoms with Crippen molar-refractivity contribution in [3.63, 3.8) is 0 Å². The Morgan fingerprint density at radius 3 is 2.73 bits per heavy atom. The average Bonchev–Trinajstić information content (AvgIpc) is 3.29. The van der Waals surface area contributed by atoms with Gasteiger partial charge in [-0.2, -0.15) is 0 Å². The largest absolute Gasteiger partial charge is 0.356 e. The highest BCUT2D eigenvalue weighted by Crippen LogP contribution is 2.30. The highest BCUT2D eigenvalue weighted by molar-refractivity contribution is 7.21. The lowest BCUT2D eigenvalue weighted by molar-refractivity contribution is -0.125. The van der Waals surface area contributed by atoms with Crippen LogP contribution in [0, 0.1) is 11.8 Å². The molecule has 2 saturated heterocycles. The van der Waals surface area contributed by atoms with E-state index >= 15 is 0 Å². The fraction of sp³-hybridized carbons (Fsp3) is 0.480. The van der Waals surface area contributed by atoms with Crippen molar-refractivity contribution >= 4 is 44.3 Å². The summed E-state index contributed by atoms with van der Waals surface area (Å²) in [5, 5.41) is 5.03. The highest BCUT2D eigenvalue weighted by atomic mass is 35.5. The molecule has 0 bridgehead atoms. The number of likely N-dealkylation sites (tertiary alicyclic amines) is 1. The quantitative estimate of drug-likeness (QED) is 0.555. The van der Waals surface area contributed by atoms with Crippen LogP contribution in [-0.4, -0.2) is 53.5 Å². The smallest absolute Gasteiger partial charge is 0.224 e. The molecule has 1 aromatic carbocycles. The van der Waals surface area contributed by atoms with Gasteiger partial charge in [0.2, 0.25) is 5.91 Å². The van der Waals surface area contributed by atoms with Gasteiger partial charge in [0.25, 0.3) is 0 Å². The topological polar surface area (TPSA) is 61.4 Å². The average molecular weight is 484 g/mol. The first-order chi connectivity index (χ1) is 16.1. The number of rotatable bonds is 6. The van der Waals surface area contributed by atoms with E-state index in [4.69, 9.17) is 16.6 Å². The van der Waals surface area contributed by atoms with Crippen LogP contribution in [0.5, 0.6) is 0 Å². The molecule has 0 aliphatic carbocycles. The molecule has 2 aromatic heterocycles. The lowest BCUT2D eigenvalue weighted by Crippen LogP contribution is -2.45. The zero-order chi connectivity index (χ0) is 22.6. The Kier molecular flexibility index (Phi) is 7.09. The van der Waals surface area contributed by atoms with Gasteiger partial charge in [-0.15, -0.1) is 0 Å². The number of piperidine rings is 2.